The molecule has 0 aliphatic carbocycles. The molecule has 0 saturated heterocycles. The summed E-state index contributed by atoms with van der Waals surface area (Å²) >= 11 is 8.44. The summed E-state index contributed by atoms with van der Waals surface area (Å²) in [6, 6.07) is 12.3. The molecule has 0 radical (unpaired) electrons. The fourth-order valence-electron chi connectivity index (χ4n) is 1.65. The van der Waals surface area contributed by atoms with E-state index in [-0.39, 0.29) is 22.2 Å². The van der Waals surface area contributed by atoms with Crippen molar-refractivity contribution in [3.63, 3.8) is 0 Å². The molecule has 8 heteroatoms. The van der Waals surface area contributed by atoms with E-state index in [1.54, 1.807) is 18.2 Å². The fourth-order valence-corrected chi connectivity index (χ4v) is 2.23. The number of hydrogen-bond donors (Lipinski definition) is 3. The first-order chi connectivity index (χ1) is 11.6. The minimum Gasteiger partial charge on any atom is -0.872 e. The van der Waals surface area contributed by atoms with Gasteiger partial charge in [0.05, 0.1) is 0 Å². The Morgan fingerprint density at radius 2 is 1.76 bits per heavy atom. The molecule has 5 nitrogen and oxygen atoms in total. The zero-order chi connectivity index (χ0) is 17.8. The Balaban J connectivity index is 0.000000620. The van der Waals surface area contributed by atoms with Crippen LogP contribution in [-0.2, 0) is 29.1 Å². The van der Waals surface area contributed by atoms with Gasteiger partial charge in [0, 0.05) is 42.6 Å². The number of nitrogens with zero attached hydrogens (tertiary/aromatic N) is 1. The van der Waals surface area contributed by atoms with Gasteiger partial charge in [0.1, 0.15) is 0 Å². The van der Waals surface area contributed by atoms with Crippen molar-refractivity contribution >= 4 is 40.5 Å². The molecule has 138 valence electrons. The molecule has 0 aliphatic heterocycles. The predicted molar refractivity (Wildman–Crippen MR) is 104 cm³/mol. The van der Waals surface area contributed by atoms with Crippen LogP contribution in [0, 0.1) is 0 Å². The third-order valence-corrected chi connectivity index (χ3v) is 3.66. The first-order valence-corrected chi connectivity index (χ1v) is 8.66. The van der Waals surface area contributed by atoms with Gasteiger partial charge in [-0.3, -0.25) is 4.99 Å². The van der Waals surface area contributed by atoms with E-state index in [1.807, 2.05) is 18.2 Å². The molecule has 0 heterocycles. The summed E-state index contributed by atoms with van der Waals surface area (Å²) in [7, 11) is 0. The van der Waals surface area contributed by atoms with Crippen LogP contribution < -0.4 is 21.9 Å². The van der Waals surface area contributed by atoms with Crippen LogP contribution in [0.25, 0.3) is 0 Å². The smallest absolute Gasteiger partial charge is 0.872 e. The summed E-state index contributed by atoms with van der Waals surface area (Å²) in [5.74, 6) is -0.0567. The Morgan fingerprint density at radius 1 is 1.12 bits per heavy atom. The van der Waals surface area contributed by atoms with Crippen LogP contribution in [0.4, 0.5) is 5.69 Å². The first kappa shape index (κ1) is 24.0. The van der Waals surface area contributed by atoms with E-state index < -0.39 is 0 Å². The molecule has 2 rings (SSSR count). The van der Waals surface area contributed by atoms with Gasteiger partial charge in [-0.1, -0.05) is 45.9 Å². The first-order valence-electron chi connectivity index (χ1n) is 7.46. The summed E-state index contributed by atoms with van der Waals surface area (Å²) in [5, 5.41) is 14.6. The van der Waals surface area contributed by atoms with Gasteiger partial charge in [-0.2, -0.15) is 0 Å². The van der Waals surface area contributed by atoms with Gasteiger partial charge in [-0.25, -0.2) is 0 Å². The summed E-state index contributed by atoms with van der Waals surface area (Å²) in [4.78, 5) is 4.90. The van der Waals surface area contributed by atoms with Crippen molar-refractivity contribution < 1.29 is 21.6 Å². The zero-order valence-electron chi connectivity index (χ0n) is 13.6. The molecule has 0 aromatic heterocycles. The third kappa shape index (κ3) is 9.89. The van der Waals surface area contributed by atoms with E-state index in [1.165, 1.54) is 12.3 Å². The van der Waals surface area contributed by atoms with E-state index >= 15 is 0 Å². The van der Waals surface area contributed by atoms with E-state index in [2.05, 4.69) is 26.2 Å². The Kier molecular flexibility index (Phi) is 13.6. The molecule has 0 fully saturated rings. The minimum atomic E-state index is -0.0567. The molecule has 2 aromatic rings. The minimum absolute atomic E-state index is 0. The molecule has 0 aliphatic rings. The van der Waals surface area contributed by atoms with Crippen LogP contribution in [-0.4, -0.2) is 32.4 Å². The molecule has 0 saturated carbocycles. The second kappa shape index (κ2) is 14.2. The maximum atomic E-state index is 11.5. The maximum Gasteiger partial charge on any atom is 2.00 e. The number of para-hydroxylation sites is 1. The van der Waals surface area contributed by atoms with Crippen LogP contribution in [0.15, 0.2) is 56.8 Å². The topological polar surface area (TPSA) is 99.5 Å². The van der Waals surface area contributed by atoms with Crippen molar-refractivity contribution in [1.82, 2.24) is 5.32 Å². The van der Waals surface area contributed by atoms with Gasteiger partial charge < -0.3 is 34.5 Å². The van der Waals surface area contributed by atoms with Gasteiger partial charge in [-0.05, 0) is 23.8 Å². The van der Waals surface area contributed by atoms with Crippen molar-refractivity contribution in [2.75, 3.05) is 26.2 Å². The summed E-state index contributed by atoms with van der Waals surface area (Å²) < 4.78 is 0.852. The Morgan fingerprint density at radius 3 is 2.36 bits per heavy atom. The molecule has 2 aromatic carbocycles. The molecular formula is C17H21BrN4NiOS. The van der Waals surface area contributed by atoms with Crippen molar-refractivity contribution in [1.29, 1.82) is 0 Å². The normalized spacial score (nSPS) is 10.0. The van der Waals surface area contributed by atoms with Crippen molar-refractivity contribution in [2.24, 2.45) is 16.5 Å². The SMILES string of the molecule is NCCNCCN.[Ni+2].[O-]c1ccc(Br)cc1C=Nc1ccccc1[S-]. The van der Waals surface area contributed by atoms with Gasteiger partial charge in [0.2, 0.25) is 0 Å². The molecule has 5 N–H and O–H groups in total. The van der Waals surface area contributed by atoms with Crippen molar-refractivity contribution in [3.05, 3.63) is 52.5 Å². The van der Waals surface area contributed by atoms with Crippen molar-refractivity contribution in [3.8, 4) is 5.75 Å². The number of nitrogens with two attached hydrogens (primary N) is 2. The summed E-state index contributed by atoms with van der Waals surface area (Å²) in [5.41, 5.74) is 11.6. The number of aliphatic imine (C=N–C) groups is 1. The van der Waals surface area contributed by atoms with Gasteiger partial charge in [0.15, 0.2) is 0 Å². The van der Waals surface area contributed by atoms with E-state index in [0.717, 1.165) is 17.6 Å². The monoisotopic (exact) mass is 466 g/mol. The van der Waals surface area contributed by atoms with Crippen LogP contribution in [0.5, 0.6) is 5.75 Å². The van der Waals surface area contributed by atoms with E-state index in [0.29, 0.717) is 29.2 Å². The van der Waals surface area contributed by atoms with E-state index in [9.17, 15) is 5.11 Å². The predicted octanol–water partition coefficient (Wildman–Crippen LogP) is 1.67. The molecule has 0 amide bonds. The largest absolute Gasteiger partial charge is 2.00 e. The number of hydrogen-bond acceptors (Lipinski definition) is 6. The quantitative estimate of drug-likeness (QED) is 0.260. The van der Waals surface area contributed by atoms with Gasteiger partial charge in [0.25, 0.3) is 0 Å². The summed E-state index contributed by atoms with van der Waals surface area (Å²) in [6.45, 7) is 3.13. The van der Waals surface area contributed by atoms with Crippen LogP contribution >= 0.6 is 15.9 Å². The van der Waals surface area contributed by atoms with E-state index in [4.69, 9.17) is 24.1 Å². The Labute approximate surface area is 172 Å². The average molecular weight is 468 g/mol. The standard InChI is InChI=1S/C13H10BrNOS.C4H13N3.Ni/c14-10-5-6-12(16)9(7-10)8-15-11-3-1-2-4-13(11)17;5-1-3-7-4-2-6;/h1-8,16-17H;7H,1-6H2;/q;;+2/p-2. The second-order valence-corrected chi connectivity index (χ2v) is 6.09. The molecule has 0 atom stereocenters. The van der Waals surface area contributed by atoms with Crippen molar-refractivity contribution in [2.45, 2.75) is 4.90 Å². The zero-order valence-corrected chi connectivity index (χ0v) is 16.9. The number of halogens is 1. The Bertz CT molecular complexity index is 654. The summed E-state index contributed by atoms with van der Waals surface area (Å²) in [6.07, 6.45) is 1.54. The number of nitrogens with one attached hydrogen (secondary N) is 1. The number of rotatable bonds is 6. The number of benzene rings is 2. The second-order valence-electron chi connectivity index (χ2n) is 4.74. The molecule has 0 bridgehead atoms. The third-order valence-electron chi connectivity index (χ3n) is 2.82. The molecule has 0 unspecified atom stereocenters. The van der Waals surface area contributed by atoms with Gasteiger partial charge in [-0.15, -0.1) is 4.90 Å². The van der Waals surface area contributed by atoms with Crippen LogP contribution in [0.3, 0.4) is 0 Å². The van der Waals surface area contributed by atoms with Crippen LogP contribution in [0.1, 0.15) is 5.56 Å². The molecule has 25 heavy (non-hydrogen) atoms. The molecular weight excluding hydrogens is 447 g/mol. The maximum absolute atomic E-state index is 11.5. The fraction of sp³-hybridized carbons (Fsp3) is 0.235. The van der Waals surface area contributed by atoms with Gasteiger partial charge >= 0.3 is 16.5 Å². The Hall–Kier alpha value is -1.02. The van der Waals surface area contributed by atoms with Crippen LogP contribution in [0.2, 0.25) is 0 Å². The average Bonchev–Trinajstić information content (AvgIpc) is 2.58. The molecule has 0 spiro atoms.